The van der Waals surface area contributed by atoms with Crippen molar-refractivity contribution in [2.24, 2.45) is 0 Å². The first-order valence-corrected chi connectivity index (χ1v) is 11.6. The van der Waals surface area contributed by atoms with Gasteiger partial charge in [0.15, 0.2) is 17.3 Å². The van der Waals surface area contributed by atoms with Gasteiger partial charge < -0.3 is 24.5 Å². The molecule has 0 radical (unpaired) electrons. The molecule has 3 aromatic rings. The number of methoxy groups -OCH3 is 2. The van der Waals surface area contributed by atoms with Crippen LogP contribution < -0.4 is 25.1 Å². The molecule has 186 valence electrons. The third-order valence-corrected chi connectivity index (χ3v) is 5.58. The van der Waals surface area contributed by atoms with Crippen LogP contribution in [0, 0.1) is 0 Å². The Morgan fingerprint density at radius 2 is 1.77 bits per heavy atom. The molecular weight excluding hydrogens is 448 g/mol. The van der Waals surface area contributed by atoms with Crippen molar-refractivity contribution in [3.63, 3.8) is 0 Å². The van der Waals surface area contributed by atoms with Crippen LogP contribution in [0.2, 0.25) is 0 Å². The summed E-state index contributed by atoms with van der Waals surface area (Å²) in [7, 11) is 3.17. The normalized spacial score (nSPS) is 11.5. The van der Waals surface area contributed by atoms with Gasteiger partial charge in [-0.25, -0.2) is 0 Å². The molecule has 1 unspecified atom stereocenters. The number of hydrogen-bond donors (Lipinski definition) is 2. The van der Waals surface area contributed by atoms with Crippen LogP contribution in [0.5, 0.6) is 17.2 Å². The highest BCUT2D eigenvalue weighted by molar-refractivity contribution is 5.76. The molecular formula is C26H32N4O5. The van der Waals surface area contributed by atoms with Gasteiger partial charge >= 0.3 is 0 Å². The van der Waals surface area contributed by atoms with Crippen molar-refractivity contribution < 1.29 is 19.0 Å². The van der Waals surface area contributed by atoms with E-state index in [2.05, 4.69) is 27.4 Å². The van der Waals surface area contributed by atoms with Crippen molar-refractivity contribution in [2.75, 3.05) is 20.8 Å². The fourth-order valence-corrected chi connectivity index (χ4v) is 3.36. The van der Waals surface area contributed by atoms with Gasteiger partial charge in [-0.15, -0.1) is 10.2 Å². The molecule has 0 aliphatic rings. The third-order valence-electron chi connectivity index (χ3n) is 5.58. The molecule has 2 N–H and O–H groups in total. The van der Waals surface area contributed by atoms with E-state index in [9.17, 15) is 9.59 Å². The van der Waals surface area contributed by atoms with Crippen molar-refractivity contribution in [1.29, 1.82) is 0 Å². The first kappa shape index (κ1) is 25.7. The van der Waals surface area contributed by atoms with Crippen molar-refractivity contribution in [3.05, 3.63) is 64.1 Å². The molecule has 9 heteroatoms. The number of hydrogen-bond acceptors (Lipinski definition) is 7. The molecule has 1 heterocycles. The fraction of sp³-hybridized carbons (Fsp3) is 0.385. The molecule has 0 saturated heterocycles. The number of carbonyl (C=O) groups excluding carboxylic acids is 1. The third kappa shape index (κ3) is 7.30. The van der Waals surface area contributed by atoms with Crippen LogP contribution in [-0.2, 0) is 17.6 Å². The first-order chi connectivity index (χ1) is 16.9. The van der Waals surface area contributed by atoms with Gasteiger partial charge in [-0.1, -0.05) is 13.0 Å². The fourth-order valence-electron chi connectivity index (χ4n) is 3.36. The highest BCUT2D eigenvalue weighted by Gasteiger charge is 2.11. The van der Waals surface area contributed by atoms with E-state index in [1.165, 1.54) is 0 Å². The highest BCUT2D eigenvalue weighted by Crippen LogP contribution is 2.27. The van der Waals surface area contributed by atoms with Crippen LogP contribution in [0.1, 0.15) is 37.9 Å². The van der Waals surface area contributed by atoms with Crippen LogP contribution in [-0.4, -0.2) is 48.0 Å². The van der Waals surface area contributed by atoms with Gasteiger partial charge in [0.2, 0.25) is 5.91 Å². The topological polar surface area (TPSA) is 115 Å². The summed E-state index contributed by atoms with van der Waals surface area (Å²) < 4.78 is 16.3. The molecule has 1 aromatic heterocycles. The maximum atomic E-state index is 12.5. The number of H-pyrrole nitrogens is 1. The number of ether oxygens (including phenoxy) is 3. The lowest BCUT2D eigenvalue weighted by Gasteiger charge is -2.12. The van der Waals surface area contributed by atoms with E-state index in [0.717, 1.165) is 23.3 Å². The van der Waals surface area contributed by atoms with Gasteiger partial charge in [0.25, 0.3) is 5.56 Å². The number of amides is 1. The number of aromatic amines is 1. The Bertz CT molecular complexity index is 1180. The zero-order valence-electron chi connectivity index (χ0n) is 20.6. The second-order valence-electron chi connectivity index (χ2n) is 8.10. The Kier molecular flexibility index (Phi) is 9.23. The highest BCUT2D eigenvalue weighted by atomic mass is 16.5. The lowest BCUT2D eigenvalue weighted by molar-refractivity contribution is -0.121. The van der Waals surface area contributed by atoms with E-state index in [0.29, 0.717) is 30.3 Å². The maximum absolute atomic E-state index is 12.5. The number of carbonyl (C=O) groups is 1. The van der Waals surface area contributed by atoms with Gasteiger partial charge in [-0.3, -0.25) is 9.59 Å². The number of rotatable bonds is 12. The van der Waals surface area contributed by atoms with Gasteiger partial charge in [0, 0.05) is 24.9 Å². The molecule has 2 aromatic carbocycles. The minimum atomic E-state index is -0.354. The predicted molar refractivity (Wildman–Crippen MR) is 133 cm³/mol. The molecule has 0 saturated carbocycles. The summed E-state index contributed by atoms with van der Waals surface area (Å²) in [6, 6.07) is 13.0. The quantitative estimate of drug-likeness (QED) is 0.409. The Morgan fingerprint density at radius 1 is 1.03 bits per heavy atom. The summed E-state index contributed by atoms with van der Waals surface area (Å²) in [5.41, 5.74) is 1.61. The molecule has 0 fully saturated rings. The van der Waals surface area contributed by atoms with Crippen molar-refractivity contribution >= 4 is 5.91 Å². The SMILES string of the molecule is CCC(C)Oc1ccc(-c2nnc(CCC(=O)NCCc3ccc(OC)c(OC)c3)c(=O)[nH]2)cc1. The molecule has 0 aliphatic carbocycles. The molecule has 1 amide bonds. The van der Waals surface area contributed by atoms with Crippen LogP contribution in [0.4, 0.5) is 0 Å². The monoisotopic (exact) mass is 480 g/mol. The summed E-state index contributed by atoms with van der Waals surface area (Å²) in [4.78, 5) is 27.4. The summed E-state index contributed by atoms with van der Waals surface area (Å²) >= 11 is 0. The Balaban J connectivity index is 1.49. The van der Waals surface area contributed by atoms with Gasteiger partial charge in [-0.05, 0) is 61.7 Å². The minimum Gasteiger partial charge on any atom is -0.493 e. The predicted octanol–water partition coefficient (Wildman–Crippen LogP) is 3.32. The van der Waals surface area contributed by atoms with Crippen molar-refractivity contribution in [1.82, 2.24) is 20.5 Å². The number of benzene rings is 2. The van der Waals surface area contributed by atoms with Gasteiger partial charge in [0.05, 0.1) is 20.3 Å². The largest absolute Gasteiger partial charge is 0.493 e. The van der Waals surface area contributed by atoms with Crippen LogP contribution in [0.25, 0.3) is 11.4 Å². The molecule has 0 aliphatic heterocycles. The van der Waals surface area contributed by atoms with E-state index in [1.807, 2.05) is 49.4 Å². The number of nitrogens with zero attached hydrogens (tertiary/aromatic N) is 2. The van der Waals surface area contributed by atoms with Gasteiger partial charge in [0.1, 0.15) is 11.4 Å². The van der Waals surface area contributed by atoms with Crippen LogP contribution >= 0.6 is 0 Å². The van der Waals surface area contributed by atoms with Crippen LogP contribution in [0.3, 0.4) is 0 Å². The standard InChI is InChI=1S/C26H32N4O5/c1-5-17(2)35-20-9-7-19(8-10-20)25-28-26(32)21(29-30-25)11-13-24(31)27-15-14-18-6-12-22(33-3)23(16-18)34-4/h6-10,12,16-17H,5,11,13-15H2,1-4H3,(H,27,31)(H,28,30,32). The molecule has 35 heavy (non-hydrogen) atoms. The van der Waals surface area contributed by atoms with Crippen molar-refractivity contribution in [3.8, 4) is 28.6 Å². The smallest absolute Gasteiger partial charge is 0.273 e. The zero-order valence-corrected chi connectivity index (χ0v) is 20.6. The molecule has 3 rings (SSSR count). The summed E-state index contributed by atoms with van der Waals surface area (Å²) in [5.74, 6) is 2.27. The summed E-state index contributed by atoms with van der Waals surface area (Å²) in [5, 5.41) is 11.0. The Hall–Kier alpha value is -3.88. The summed E-state index contributed by atoms with van der Waals surface area (Å²) in [6.07, 6.45) is 2.03. The lowest BCUT2D eigenvalue weighted by Crippen LogP contribution is -2.27. The molecule has 9 nitrogen and oxygen atoms in total. The summed E-state index contributed by atoms with van der Waals surface area (Å²) in [6.45, 7) is 4.53. The number of aromatic nitrogens is 3. The van der Waals surface area contributed by atoms with Crippen molar-refractivity contribution in [2.45, 2.75) is 45.6 Å². The Labute approximate surface area is 204 Å². The van der Waals surface area contributed by atoms with E-state index in [4.69, 9.17) is 14.2 Å². The zero-order chi connectivity index (χ0) is 25.2. The minimum absolute atomic E-state index is 0.128. The number of aryl methyl sites for hydroxylation is 1. The van der Waals surface area contributed by atoms with Crippen LogP contribution in [0.15, 0.2) is 47.3 Å². The second kappa shape index (κ2) is 12.5. The van der Waals surface area contributed by atoms with E-state index >= 15 is 0 Å². The van der Waals surface area contributed by atoms with E-state index < -0.39 is 0 Å². The van der Waals surface area contributed by atoms with Gasteiger partial charge in [-0.2, -0.15) is 0 Å². The Morgan fingerprint density at radius 3 is 2.43 bits per heavy atom. The van der Waals surface area contributed by atoms with E-state index in [-0.39, 0.29) is 36.1 Å². The lowest BCUT2D eigenvalue weighted by atomic mass is 10.1. The average molecular weight is 481 g/mol. The maximum Gasteiger partial charge on any atom is 0.273 e. The second-order valence-corrected chi connectivity index (χ2v) is 8.10. The number of nitrogens with one attached hydrogen (secondary N) is 2. The molecule has 0 bridgehead atoms. The van der Waals surface area contributed by atoms with E-state index in [1.54, 1.807) is 14.2 Å². The molecule has 0 spiro atoms. The first-order valence-electron chi connectivity index (χ1n) is 11.6. The molecule has 1 atom stereocenters. The average Bonchev–Trinajstić information content (AvgIpc) is 2.88.